The second-order valence-electron chi connectivity index (χ2n) is 11.4. The van der Waals surface area contributed by atoms with Gasteiger partial charge >= 0.3 is 0 Å². The van der Waals surface area contributed by atoms with Gasteiger partial charge < -0.3 is 35.0 Å². The average Bonchev–Trinajstić information content (AvgIpc) is 3.04. The number of hydrogen-bond donors (Lipinski definition) is 6. The van der Waals surface area contributed by atoms with E-state index in [-0.39, 0.29) is 36.9 Å². The zero-order valence-corrected chi connectivity index (χ0v) is 25.5. The molecule has 242 valence electrons. The number of phenolic OH excluding ortho intramolecular Hbond substituents is 1. The molecule has 0 aliphatic carbocycles. The van der Waals surface area contributed by atoms with Gasteiger partial charge in [0.1, 0.15) is 5.75 Å². The highest BCUT2D eigenvalue weighted by Gasteiger charge is 2.33. The zero-order chi connectivity index (χ0) is 32.2. The number of hydrogen-bond acceptors (Lipinski definition) is 9. The summed E-state index contributed by atoms with van der Waals surface area (Å²) in [5.41, 5.74) is 5.45. The zero-order valence-electron chi connectivity index (χ0n) is 25.5. The normalized spacial score (nSPS) is 18.8. The second kappa shape index (κ2) is 17.0. The lowest BCUT2D eigenvalue weighted by molar-refractivity contribution is -0.252. The number of hydroxylamine groups is 1. The Labute approximate surface area is 263 Å². The first-order valence-electron chi connectivity index (χ1n) is 15.2. The molecule has 11 nitrogen and oxygen atoms in total. The number of rotatable bonds is 15. The van der Waals surface area contributed by atoms with Crippen molar-refractivity contribution >= 4 is 17.5 Å². The van der Waals surface area contributed by atoms with Gasteiger partial charge in [-0.25, -0.2) is 5.48 Å². The topological polar surface area (TPSA) is 161 Å². The van der Waals surface area contributed by atoms with Crippen molar-refractivity contribution in [3.63, 3.8) is 0 Å². The minimum absolute atomic E-state index is 0.0429. The van der Waals surface area contributed by atoms with Crippen LogP contribution in [0.2, 0.25) is 0 Å². The van der Waals surface area contributed by atoms with E-state index in [2.05, 4.69) is 5.32 Å². The van der Waals surface area contributed by atoms with Crippen molar-refractivity contribution in [2.75, 3.05) is 25.5 Å². The summed E-state index contributed by atoms with van der Waals surface area (Å²) in [5.74, 6) is -0.451. The number of aromatic hydroxyl groups is 1. The van der Waals surface area contributed by atoms with Crippen LogP contribution in [0.3, 0.4) is 0 Å². The van der Waals surface area contributed by atoms with Crippen molar-refractivity contribution < 1.29 is 39.6 Å². The number of nitrogens with zero attached hydrogens (tertiary/aromatic N) is 1. The molecule has 0 spiro atoms. The first-order valence-corrected chi connectivity index (χ1v) is 15.2. The Morgan fingerprint density at radius 1 is 0.933 bits per heavy atom. The Bertz CT molecular complexity index is 1370. The maximum Gasteiger partial charge on any atom is 0.243 e. The van der Waals surface area contributed by atoms with Crippen LogP contribution in [0.15, 0.2) is 72.8 Å². The molecule has 0 radical (unpaired) electrons. The van der Waals surface area contributed by atoms with Gasteiger partial charge in [-0.2, -0.15) is 0 Å². The van der Waals surface area contributed by atoms with E-state index >= 15 is 0 Å². The van der Waals surface area contributed by atoms with Gasteiger partial charge in [0, 0.05) is 43.6 Å². The van der Waals surface area contributed by atoms with E-state index in [1.165, 1.54) is 0 Å². The van der Waals surface area contributed by atoms with Crippen LogP contribution in [0.5, 0.6) is 5.75 Å². The van der Waals surface area contributed by atoms with Gasteiger partial charge in [0.2, 0.25) is 11.8 Å². The van der Waals surface area contributed by atoms with Crippen molar-refractivity contribution in [1.29, 1.82) is 0 Å². The Hall–Kier alpha value is -3.84. The van der Waals surface area contributed by atoms with Crippen LogP contribution >= 0.6 is 0 Å². The number of aliphatic hydroxyl groups is 2. The van der Waals surface area contributed by atoms with Gasteiger partial charge in [-0.3, -0.25) is 14.8 Å². The number of nitrogens with one attached hydrogen (secondary N) is 2. The molecule has 0 bridgehead atoms. The molecule has 45 heavy (non-hydrogen) atoms. The Balaban J connectivity index is 1.38. The van der Waals surface area contributed by atoms with E-state index in [9.17, 15) is 24.9 Å². The lowest BCUT2D eigenvalue weighted by Crippen LogP contribution is -2.39. The Morgan fingerprint density at radius 3 is 2.29 bits per heavy atom. The number of ether oxygens (including phenoxy) is 2. The van der Waals surface area contributed by atoms with Crippen molar-refractivity contribution in [2.45, 2.75) is 69.7 Å². The molecule has 1 aliphatic heterocycles. The molecular formula is C34H43N3O8. The van der Waals surface area contributed by atoms with Gasteiger partial charge in [-0.05, 0) is 60.8 Å². The highest BCUT2D eigenvalue weighted by atomic mass is 16.7. The molecule has 3 aromatic rings. The van der Waals surface area contributed by atoms with E-state index in [4.69, 9.17) is 14.7 Å². The van der Waals surface area contributed by atoms with Crippen LogP contribution in [0.25, 0.3) is 0 Å². The smallest absolute Gasteiger partial charge is 0.243 e. The molecule has 1 aliphatic rings. The molecule has 4 atom stereocenters. The van der Waals surface area contributed by atoms with Gasteiger partial charge in [-0.1, -0.05) is 55.0 Å². The van der Waals surface area contributed by atoms with Crippen LogP contribution in [0.4, 0.5) is 5.69 Å². The lowest BCUT2D eigenvalue weighted by atomic mass is 9.99. The first kappa shape index (κ1) is 34.0. The predicted molar refractivity (Wildman–Crippen MR) is 167 cm³/mol. The minimum Gasteiger partial charge on any atom is -0.508 e. The number of amides is 2. The summed E-state index contributed by atoms with van der Waals surface area (Å²) in [6, 6.07) is 21.6. The first-order chi connectivity index (χ1) is 21.7. The van der Waals surface area contributed by atoms with Gasteiger partial charge in [0.05, 0.1) is 24.9 Å². The summed E-state index contributed by atoms with van der Waals surface area (Å²) in [6.45, 7) is 0.829. The number of unbranched alkanes of at least 4 members (excludes halogenated alkanes) is 2. The van der Waals surface area contributed by atoms with Crippen molar-refractivity contribution in [1.82, 2.24) is 10.4 Å². The summed E-state index contributed by atoms with van der Waals surface area (Å²) in [7, 11) is 1.91. The summed E-state index contributed by atoms with van der Waals surface area (Å²) in [6.07, 6.45) is 1.11. The quantitative estimate of drug-likeness (QED) is 0.0816. The maximum atomic E-state index is 12.4. The molecule has 0 saturated carbocycles. The minimum atomic E-state index is -0.782. The molecule has 0 aromatic heterocycles. The van der Waals surface area contributed by atoms with Crippen molar-refractivity contribution in [3.05, 3.63) is 95.1 Å². The fourth-order valence-corrected chi connectivity index (χ4v) is 5.34. The van der Waals surface area contributed by atoms with E-state index in [0.29, 0.717) is 56.4 Å². The van der Waals surface area contributed by atoms with E-state index in [0.717, 1.165) is 16.7 Å². The van der Waals surface area contributed by atoms with Crippen molar-refractivity contribution in [2.24, 2.45) is 0 Å². The molecule has 0 unspecified atom stereocenters. The molecule has 11 heteroatoms. The standard InChI is InChI=1S/C34H43N3O8/c1-37(21-30(40)26-6-5-7-28(39)18-26)20-29-19-31(24-12-10-23(22-38)11-13-24)45-34(44-29)25-14-16-27(17-15-25)35-32(41)8-3-2-4-9-33(42)36-43/h5-7,10-18,29-31,34,38-40,43H,2-4,8-9,19-22H2,1H3,(H,35,41)(H,36,42)/t29-,30-,31+,34+/m1/s1. The molecule has 1 heterocycles. The fourth-order valence-electron chi connectivity index (χ4n) is 5.34. The summed E-state index contributed by atoms with van der Waals surface area (Å²) in [4.78, 5) is 25.5. The molecule has 1 fully saturated rings. The molecule has 6 N–H and O–H groups in total. The third kappa shape index (κ3) is 10.6. The lowest BCUT2D eigenvalue weighted by Gasteiger charge is -2.38. The maximum absolute atomic E-state index is 12.4. The molecular weight excluding hydrogens is 578 g/mol. The van der Waals surface area contributed by atoms with Gasteiger partial charge in [0.15, 0.2) is 6.29 Å². The van der Waals surface area contributed by atoms with Crippen LogP contribution < -0.4 is 10.8 Å². The highest BCUT2D eigenvalue weighted by molar-refractivity contribution is 5.90. The monoisotopic (exact) mass is 621 g/mol. The second-order valence-corrected chi connectivity index (χ2v) is 11.4. The SMILES string of the molecule is CN(C[C@H]1C[C@@H](c2ccc(CO)cc2)O[C@@H](c2ccc(NC(=O)CCCCCC(=O)NO)cc2)O1)C[C@@H](O)c1cccc(O)c1. The number of anilines is 1. The van der Waals surface area contributed by atoms with E-state index in [1.54, 1.807) is 41.9 Å². The third-order valence-electron chi connectivity index (χ3n) is 7.77. The predicted octanol–water partition coefficient (Wildman–Crippen LogP) is 4.49. The molecule has 4 rings (SSSR count). The Kier molecular flexibility index (Phi) is 12.9. The number of carbonyl (C=O) groups excluding carboxylic acids is 2. The van der Waals surface area contributed by atoms with Crippen LogP contribution in [0, 0.1) is 0 Å². The highest BCUT2D eigenvalue weighted by Crippen LogP contribution is 2.38. The molecule has 3 aromatic carbocycles. The summed E-state index contributed by atoms with van der Waals surface area (Å²) < 4.78 is 12.8. The number of likely N-dealkylation sites (N-methyl/N-ethyl adjacent to an activating group) is 1. The van der Waals surface area contributed by atoms with Crippen molar-refractivity contribution in [3.8, 4) is 5.75 Å². The fraction of sp³-hybridized carbons (Fsp3) is 0.412. The summed E-state index contributed by atoms with van der Waals surface area (Å²) in [5, 5.41) is 41.4. The number of phenols is 1. The van der Waals surface area contributed by atoms with Gasteiger partial charge in [-0.15, -0.1) is 0 Å². The van der Waals surface area contributed by atoms with Crippen LogP contribution in [-0.4, -0.2) is 63.5 Å². The number of benzene rings is 3. The summed E-state index contributed by atoms with van der Waals surface area (Å²) >= 11 is 0. The molecule has 2 amide bonds. The number of aliphatic hydroxyl groups excluding tert-OH is 2. The van der Waals surface area contributed by atoms with Gasteiger partial charge in [0.25, 0.3) is 0 Å². The van der Waals surface area contributed by atoms with Crippen LogP contribution in [0.1, 0.15) is 79.3 Å². The van der Waals surface area contributed by atoms with E-state index in [1.807, 2.05) is 48.3 Å². The molecule has 1 saturated heterocycles. The third-order valence-corrected chi connectivity index (χ3v) is 7.77. The number of carbonyl (C=O) groups is 2. The Morgan fingerprint density at radius 2 is 1.62 bits per heavy atom. The average molecular weight is 622 g/mol. The largest absolute Gasteiger partial charge is 0.508 e. The van der Waals surface area contributed by atoms with Crippen LogP contribution in [-0.2, 0) is 25.7 Å². The van der Waals surface area contributed by atoms with E-state index < -0.39 is 18.3 Å².